The van der Waals surface area contributed by atoms with Gasteiger partial charge in [-0.2, -0.15) is 0 Å². The fourth-order valence-electron chi connectivity index (χ4n) is 1.41. The number of benzene rings is 1. The van der Waals surface area contributed by atoms with Crippen molar-refractivity contribution in [1.29, 1.82) is 0 Å². The van der Waals surface area contributed by atoms with Gasteiger partial charge in [-0.25, -0.2) is 0 Å². The van der Waals surface area contributed by atoms with Crippen molar-refractivity contribution in [2.24, 2.45) is 0 Å². The van der Waals surface area contributed by atoms with Crippen LogP contribution in [0.5, 0.6) is 0 Å². The third-order valence-electron chi connectivity index (χ3n) is 2.15. The van der Waals surface area contributed by atoms with Gasteiger partial charge in [-0.1, -0.05) is 29.3 Å². The fourth-order valence-corrected chi connectivity index (χ4v) is 1.96. The van der Waals surface area contributed by atoms with Crippen LogP contribution in [0.25, 0.3) is 0 Å². The highest BCUT2D eigenvalue weighted by molar-refractivity contribution is 6.38. The first-order valence-corrected chi connectivity index (χ1v) is 5.16. The molecule has 80 valence electrons. The van der Waals surface area contributed by atoms with Gasteiger partial charge in [0.15, 0.2) is 12.6 Å². The van der Waals surface area contributed by atoms with Gasteiger partial charge in [-0.3, -0.25) is 4.79 Å². The molecule has 0 N–H and O–H groups in total. The van der Waals surface area contributed by atoms with E-state index in [0.29, 0.717) is 35.1 Å². The highest BCUT2D eigenvalue weighted by Gasteiger charge is 2.23. The number of rotatable bonds is 2. The molecule has 0 spiro atoms. The van der Waals surface area contributed by atoms with Crippen LogP contribution in [0.4, 0.5) is 0 Å². The molecule has 1 saturated heterocycles. The minimum Gasteiger partial charge on any atom is -0.346 e. The number of aldehydes is 1. The number of hydrogen-bond donors (Lipinski definition) is 0. The van der Waals surface area contributed by atoms with E-state index in [-0.39, 0.29) is 5.56 Å². The largest absolute Gasteiger partial charge is 0.346 e. The van der Waals surface area contributed by atoms with Crippen molar-refractivity contribution in [3.8, 4) is 0 Å². The summed E-state index contributed by atoms with van der Waals surface area (Å²) in [5.41, 5.74) is 0.913. The standard InChI is InChI=1S/C10H8Cl2O3/c11-8-2-1-6(9(12)7(8)5-13)10-14-3-4-15-10/h1-2,5,10H,3-4H2. The van der Waals surface area contributed by atoms with E-state index in [2.05, 4.69) is 0 Å². The van der Waals surface area contributed by atoms with Gasteiger partial charge in [0.25, 0.3) is 0 Å². The number of carbonyl (C=O) groups excluding carboxylic acids is 1. The average Bonchev–Trinajstić information content (AvgIpc) is 2.71. The van der Waals surface area contributed by atoms with E-state index in [1.165, 1.54) is 0 Å². The molecule has 15 heavy (non-hydrogen) atoms. The van der Waals surface area contributed by atoms with E-state index in [0.717, 1.165) is 0 Å². The lowest BCUT2D eigenvalue weighted by molar-refractivity contribution is -0.0440. The van der Waals surface area contributed by atoms with Crippen LogP contribution in [0.1, 0.15) is 22.2 Å². The highest BCUT2D eigenvalue weighted by Crippen LogP contribution is 2.34. The Balaban J connectivity index is 2.43. The Hall–Kier alpha value is -0.610. The number of carbonyl (C=O) groups is 1. The summed E-state index contributed by atoms with van der Waals surface area (Å²) in [5.74, 6) is 0. The Kier molecular flexibility index (Phi) is 3.26. The Morgan fingerprint density at radius 2 is 1.93 bits per heavy atom. The topological polar surface area (TPSA) is 35.5 Å². The summed E-state index contributed by atoms with van der Waals surface area (Å²) in [6.07, 6.45) is 0.136. The molecule has 0 saturated carbocycles. The van der Waals surface area contributed by atoms with E-state index in [9.17, 15) is 4.79 Å². The van der Waals surface area contributed by atoms with Gasteiger partial charge in [0, 0.05) is 5.56 Å². The number of halogens is 2. The minimum absolute atomic E-state index is 0.273. The molecule has 0 unspecified atom stereocenters. The summed E-state index contributed by atoms with van der Waals surface area (Å²) >= 11 is 11.8. The maximum Gasteiger partial charge on any atom is 0.185 e. The minimum atomic E-state index is -0.492. The molecule has 1 aromatic carbocycles. The second-order valence-corrected chi connectivity index (χ2v) is 3.84. The number of ether oxygens (including phenoxy) is 2. The summed E-state index contributed by atoms with van der Waals surface area (Å²) < 4.78 is 10.6. The molecular formula is C10H8Cl2O3. The van der Waals surface area contributed by atoms with Crippen LogP contribution in [0.3, 0.4) is 0 Å². The summed E-state index contributed by atoms with van der Waals surface area (Å²) in [6, 6.07) is 3.31. The Morgan fingerprint density at radius 3 is 2.53 bits per heavy atom. The molecule has 1 heterocycles. The third kappa shape index (κ3) is 2.01. The van der Waals surface area contributed by atoms with E-state index >= 15 is 0 Å². The lowest BCUT2D eigenvalue weighted by Gasteiger charge is -2.12. The van der Waals surface area contributed by atoms with Crippen molar-refractivity contribution < 1.29 is 14.3 Å². The molecule has 1 aliphatic heterocycles. The molecule has 5 heteroatoms. The first-order chi connectivity index (χ1) is 7.24. The zero-order chi connectivity index (χ0) is 10.8. The molecule has 0 amide bonds. The van der Waals surface area contributed by atoms with Crippen molar-refractivity contribution in [3.63, 3.8) is 0 Å². The molecule has 0 radical (unpaired) electrons. The molecule has 3 nitrogen and oxygen atoms in total. The first kappa shape index (κ1) is 10.9. The highest BCUT2D eigenvalue weighted by atomic mass is 35.5. The summed E-state index contributed by atoms with van der Waals surface area (Å²) in [7, 11) is 0. The first-order valence-electron chi connectivity index (χ1n) is 4.40. The van der Waals surface area contributed by atoms with E-state index in [1.807, 2.05) is 0 Å². The molecule has 1 fully saturated rings. The summed E-state index contributed by atoms with van der Waals surface area (Å²) in [6.45, 7) is 1.06. The van der Waals surface area contributed by atoms with Gasteiger partial charge < -0.3 is 9.47 Å². The average molecular weight is 247 g/mol. The van der Waals surface area contributed by atoms with Gasteiger partial charge in [0.05, 0.1) is 28.8 Å². The molecular weight excluding hydrogens is 239 g/mol. The predicted molar refractivity (Wildman–Crippen MR) is 56.5 cm³/mol. The summed E-state index contributed by atoms with van der Waals surface area (Å²) in [5, 5.41) is 0.626. The normalized spacial score (nSPS) is 16.9. The van der Waals surface area contributed by atoms with Gasteiger partial charge in [0.2, 0.25) is 0 Å². The van der Waals surface area contributed by atoms with Crippen LogP contribution in [-0.4, -0.2) is 19.5 Å². The zero-order valence-corrected chi connectivity index (χ0v) is 9.22. The number of hydrogen-bond acceptors (Lipinski definition) is 3. The van der Waals surface area contributed by atoms with Crippen LogP contribution in [-0.2, 0) is 9.47 Å². The lowest BCUT2D eigenvalue weighted by atomic mass is 10.1. The van der Waals surface area contributed by atoms with Gasteiger partial charge >= 0.3 is 0 Å². The quantitative estimate of drug-likeness (QED) is 0.754. The monoisotopic (exact) mass is 246 g/mol. The molecule has 2 rings (SSSR count). The smallest absolute Gasteiger partial charge is 0.185 e. The molecule has 0 aromatic heterocycles. The molecule has 0 atom stereocenters. The Morgan fingerprint density at radius 1 is 1.27 bits per heavy atom. The van der Waals surface area contributed by atoms with Crippen LogP contribution < -0.4 is 0 Å². The maximum absolute atomic E-state index is 10.8. The van der Waals surface area contributed by atoms with Crippen molar-refractivity contribution in [2.45, 2.75) is 6.29 Å². The molecule has 0 bridgehead atoms. The third-order valence-corrected chi connectivity index (χ3v) is 2.90. The maximum atomic E-state index is 10.8. The van der Waals surface area contributed by atoms with Gasteiger partial charge in [-0.05, 0) is 6.07 Å². The lowest BCUT2D eigenvalue weighted by Crippen LogP contribution is -2.01. The predicted octanol–water partition coefficient (Wildman–Crippen LogP) is 2.85. The van der Waals surface area contributed by atoms with Gasteiger partial charge in [-0.15, -0.1) is 0 Å². The summed E-state index contributed by atoms with van der Waals surface area (Å²) in [4.78, 5) is 10.8. The van der Waals surface area contributed by atoms with Crippen molar-refractivity contribution in [3.05, 3.63) is 33.3 Å². The molecule has 0 aliphatic carbocycles. The van der Waals surface area contributed by atoms with Crippen LogP contribution >= 0.6 is 23.2 Å². The fraction of sp³-hybridized carbons (Fsp3) is 0.300. The molecule has 1 aromatic rings. The van der Waals surface area contributed by atoms with Crippen molar-refractivity contribution in [1.82, 2.24) is 0 Å². The molecule has 1 aliphatic rings. The second-order valence-electron chi connectivity index (χ2n) is 3.06. The van der Waals surface area contributed by atoms with Crippen molar-refractivity contribution in [2.75, 3.05) is 13.2 Å². The van der Waals surface area contributed by atoms with E-state index in [1.54, 1.807) is 12.1 Å². The van der Waals surface area contributed by atoms with Crippen LogP contribution in [0.2, 0.25) is 10.0 Å². The Labute approximate surface area is 96.9 Å². The van der Waals surface area contributed by atoms with Crippen LogP contribution in [0.15, 0.2) is 12.1 Å². The van der Waals surface area contributed by atoms with E-state index in [4.69, 9.17) is 32.7 Å². The van der Waals surface area contributed by atoms with E-state index < -0.39 is 6.29 Å². The SMILES string of the molecule is O=Cc1c(Cl)ccc(C2OCCO2)c1Cl. The van der Waals surface area contributed by atoms with Crippen molar-refractivity contribution >= 4 is 29.5 Å². The van der Waals surface area contributed by atoms with Gasteiger partial charge in [0.1, 0.15) is 0 Å². The zero-order valence-electron chi connectivity index (χ0n) is 7.70. The second kappa shape index (κ2) is 4.49. The Bertz CT molecular complexity index is 386. The van der Waals surface area contributed by atoms with Crippen LogP contribution in [0, 0.1) is 0 Å².